The molecule has 1 fully saturated rings. The summed E-state index contributed by atoms with van der Waals surface area (Å²) < 4.78 is 9.95. The largest absolute Gasteiger partial charge is 0.468 e. The third kappa shape index (κ3) is 3.15. The van der Waals surface area contributed by atoms with Crippen molar-refractivity contribution in [2.24, 2.45) is 5.73 Å². The van der Waals surface area contributed by atoms with Gasteiger partial charge in [-0.15, -0.1) is 0 Å². The summed E-state index contributed by atoms with van der Waals surface area (Å²) >= 11 is 1.69. The van der Waals surface area contributed by atoms with Crippen LogP contribution in [0.3, 0.4) is 0 Å². The van der Waals surface area contributed by atoms with E-state index >= 15 is 0 Å². The molecule has 1 aliphatic rings. The van der Waals surface area contributed by atoms with E-state index in [0.29, 0.717) is 11.0 Å². The fraction of sp³-hybridized carbons (Fsp3) is 0.889. The van der Waals surface area contributed by atoms with E-state index in [9.17, 15) is 4.79 Å². The van der Waals surface area contributed by atoms with Gasteiger partial charge in [0.05, 0.1) is 13.2 Å². The molecule has 0 aliphatic carbocycles. The summed E-state index contributed by atoms with van der Waals surface area (Å²) in [7, 11) is 1.36. The minimum absolute atomic E-state index is 0.268. The van der Waals surface area contributed by atoms with Crippen molar-refractivity contribution < 1.29 is 14.3 Å². The zero-order valence-corrected chi connectivity index (χ0v) is 9.38. The van der Waals surface area contributed by atoms with Gasteiger partial charge in [0.15, 0.2) is 0 Å². The summed E-state index contributed by atoms with van der Waals surface area (Å²) in [4.78, 5) is 11.0. The maximum absolute atomic E-state index is 11.0. The summed E-state index contributed by atoms with van der Waals surface area (Å²) in [5.74, 6) is 0.259. The fourth-order valence-electron chi connectivity index (χ4n) is 1.38. The molecule has 3 unspecified atom stereocenters. The first-order chi connectivity index (χ1) is 6.65. The lowest BCUT2D eigenvalue weighted by Crippen LogP contribution is -2.35. The average molecular weight is 219 g/mol. The Labute approximate surface area is 88.5 Å². The van der Waals surface area contributed by atoms with Crippen LogP contribution in [0.4, 0.5) is 0 Å². The summed E-state index contributed by atoms with van der Waals surface area (Å²) in [6.07, 6.45) is 1.31. The van der Waals surface area contributed by atoms with E-state index in [4.69, 9.17) is 10.5 Å². The van der Waals surface area contributed by atoms with Gasteiger partial charge >= 0.3 is 5.97 Å². The first kappa shape index (κ1) is 11.8. The molecule has 0 aromatic rings. The molecule has 0 amide bonds. The minimum atomic E-state index is -0.516. The Balaban J connectivity index is 2.22. The molecule has 1 rings (SSSR count). The lowest BCUT2D eigenvalue weighted by molar-refractivity contribution is -0.141. The van der Waals surface area contributed by atoms with Crippen molar-refractivity contribution in [1.82, 2.24) is 0 Å². The highest BCUT2D eigenvalue weighted by Crippen LogP contribution is 2.26. The van der Waals surface area contributed by atoms with Crippen LogP contribution in [0.5, 0.6) is 0 Å². The average Bonchev–Trinajstić information content (AvgIpc) is 2.59. The molecule has 82 valence electrons. The Morgan fingerprint density at radius 3 is 3.00 bits per heavy atom. The maximum atomic E-state index is 11.0. The van der Waals surface area contributed by atoms with Gasteiger partial charge in [-0.2, -0.15) is 11.8 Å². The standard InChI is InChI=1S/C9H17NO3S/c1-6-8(3-4-13-6)14-5-7(10)9(11)12-2/h6-8H,3-5,10H2,1-2H3. The Morgan fingerprint density at radius 2 is 2.50 bits per heavy atom. The highest BCUT2D eigenvalue weighted by Gasteiger charge is 2.26. The number of ether oxygens (including phenoxy) is 2. The van der Waals surface area contributed by atoms with Crippen molar-refractivity contribution in [2.75, 3.05) is 19.5 Å². The van der Waals surface area contributed by atoms with Gasteiger partial charge in [-0.1, -0.05) is 0 Å². The maximum Gasteiger partial charge on any atom is 0.323 e. The van der Waals surface area contributed by atoms with Gasteiger partial charge < -0.3 is 15.2 Å². The molecule has 1 aliphatic heterocycles. The van der Waals surface area contributed by atoms with Gasteiger partial charge in [0.2, 0.25) is 0 Å². The zero-order valence-electron chi connectivity index (χ0n) is 8.56. The predicted molar refractivity (Wildman–Crippen MR) is 56.3 cm³/mol. The van der Waals surface area contributed by atoms with Gasteiger partial charge in [-0.05, 0) is 13.3 Å². The second kappa shape index (κ2) is 5.58. The van der Waals surface area contributed by atoms with Gasteiger partial charge in [0, 0.05) is 17.6 Å². The third-order valence-corrected chi connectivity index (χ3v) is 3.90. The van der Waals surface area contributed by atoms with E-state index in [-0.39, 0.29) is 12.1 Å². The normalized spacial score (nSPS) is 28.8. The van der Waals surface area contributed by atoms with Gasteiger partial charge in [-0.25, -0.2) is 0 Å². The Bertz CT molecular complexity index is 200. The Kier molecular flexibility index (Phi) is 4.71. The Hall–Kier alpha value is -0.260. The van der Waals surface area contributed by atoms with Crippen LogP contribution < -0.4 is 5.73 Å². The monoisotopic (exact) mass is 219 g/mol. The van der Waals surface area contributed by atoms with Crippen molar-refractivity contribution in [3.8, 4) is 0 Å². The summed E-state index contributed by atoms with van der Waals surface area (Å²) in [6.45, 7) is 2.86. The van der Waals surface area contributed by atoms with E-state index in [2.05, 4.69) is 4.74 Å². The van der Waals surface area contributed by atoms with Gasteiger partial charge in [-0.3, -0.25) is 4.79 Å². The van der Waals surface area contributed by atoms with Crippen LogP contribution in [-0.4, -0.2) is 42.8 Å². The minimum Gasteiger partial charge on any atom is -0.468 e. The molecule has 0 aromatic heterocycles. The zero-order chi connectivity index (χ0) is 10.6. The molecule has 4 nitrogen and oxygen atoms in total. The number of nitrogens with two attached hydrogens (primary N) is 1. The number of hydrogen-bond donors (Lipinski definition) is 1. The molecule has 0 bridgehead atoms. The summed E-state index contributed by atoms with van der Waals surface area (Å²) in [5.41, 5.74) is 5.62. The van der Waals surface area contributed by atoms with E-state index in [0.717, 1.165) is 13.0 Å². The molecule has 1 heterocycles. The topological polar surface area (TPSA) is 61.5 Å². The van der Waals surface area contributed by atoms with Crippen LogP contribution in [0.1, 0.15) is 13.3 Å². The van der Waals surface area contributed by atoms with E-state index in [1.54, 1.807) is 11.8 Å². The SMILES string of the molecule is COC(=O)C(N)CSC1CCOC1C. The van der Waals surface area contributed by atoms with Crippen LogP contribution in [0.2, 0.25) is 0 Å². The predicted octanol–water partition coefficient (Wildman–Crippen LogP) is 0.397. The lowest BCUT2D eigenvalue weighted by atomic mass is 10.3. The van der Waals surface area contributed by atoms with Crippen LogP contribution in [0, 0.1) is 0 Å². The highest BCUT2D eigenvalue weighted by atomic mass is 32.2. The van der Waals surface area contributed by atoms with E-state index in [1.165, 1.54) is 7.11 Å². The second-order valence-corrected chi connectivity index (χ2v) is 4.64. The second-order valence-electron chi connectivity index (χ2n) is 3.37. The number of rotatable bonds is 4. The quantitative estimate of drug-likeness (QED) is 0.693. The molecule has 0 saturated carbocycles. The van der Waals surface area contributed by atoms with Crippen LogP contribution in [-0.2, 0) is 14.3 Å². The van der Waals surface area contributed by atoms with E-state index in [1.807, 2.05) is 6.92 Å². The molecular weight excluding hydrogens is 202 g/mol. The fourth-order valence-corrected chi connectivity index (χ4v) is 2.58. The van der Waals surface area contributed by atoms with Crippen molar-refractivity contribution in [3.63, 3.8) is 0 Å². The van der Waals surface area contributed by atoms with Crippen molar-refractivity contribution in [2.45, 2.75) is 30.7 Å². The molecule has 5 heteroatoms. The molecule has 0 radical (unpaired) electrons. The number of esters is 1. The lowest BCUT2D eigenvalue weighted by Gasteiger charge is -2.15. The molecule has 3 atom stereocenters. The number of carbonyl (C=O) groups is 1. The van der Waals surface area contributed by atoms with Crippen molar-refractivity contribution in [1.29, 1.82) is 0 Å². The van der Waals surface area contributed by atoms with E-state index < -0.39 is 6.04 Å². The molecule has 2 N–H and O–H groups in total. The first-order valence-corrected chi connectivity index (χ1v) is 5.76. The summed E-state index contributed by atoms with van der Waals surface area (Å²) in [5, 5.41) is 0.464. The first-order valence-electron chi connectivity index (χ1n) is 4.71. The van der Waals surface area contributed by atoms with Crippen LogP contribution >= 0.6 is 11.8 Å². The number of hydrogen-bond acceptors (Lipinski definition) is 5. The Morgan fingerprint density at radius 1 is 1.79 bits per heavy atom. The van der Waals surface area contributed by atoms with Crippen LogP contribution in [0.25, 0.3) is 0 Å². The van der Waals surface area contributed by atoms with Gasteiger partial charge in [0.25, 0.3) is 0 Å². The molecule has 14 heavy (non-hydrogen) atoms. The summed E-state index contributed by atoms with van der Waals surface area (Å²) in [6, 6.07) is -0.516. The number of thioether (sulfide) groups is 1. The van der Waals surface area contributed by atoms with Gasteiger partial charge in [0.1, 0.15) is 6.04 Å². The highest BCUT2D eigenvalue weighted by molar-refractivity contribution is 8.00. The van der Waals surface area contributed by atoms with Crippen LogP contribution in [0.15, 0.2) is 0 Å². The third-order valence-electron chi connectivity index (χ3n) is 2.30. The molecule has 0 aromatic carbocycles. The smallest absolute Gasteiger partial charge is 0.323 e. The molecular formula is C9H17NO3S. The number of methoxy groups -OCH3 is 1. The number of carbonyl (C=O) groups excluding carboxylic acids is 1. The van der Waals surface area contributed by atoms with Crippen molar-refractivity contribution in [3.05, 3.63) is 0 Å². The molecule has 0 spiro atoms. The molecule has 1 saturated heterocycles. The van der Waals surface area contributed by atoms with Crippen molar-refractivity contribution >= 4 is 17.7 Å².